The second-order valence-corrected chi connectivity index (χ2v) is 7.91. The fourth-order valence-electron chi connectivity index (χ4n) is 3.01. The molecule has 1 unspecified atom stereocenters. The molecule has 3 atom stereocenters. The van der Waals surface area contributed by atoms with Crippen molar-refractivity contribution in [3.8, 4) is 0 Å². The van der Waals surface area contributed by atoms with E-state index in [0.29, 0.717) is 19.4 Å². The predicted octanol–water partition coefficient (Wildman–Crippen LogP) is 3.94. The molecular formula is C21H33NO5. The number of hydrogen-bond acceptors (Lipinski definition) is 5. The van der Waals surface area contributed by atoms with Gasteiger partial charge in [-0.3, -0.25) is 0 Å². The molecular weight excluding hydrogens is 346 g/mol. The van der Waals surface area contributed by atoms with Crippen LogP contribution >= 0.6 is 0 Å². The minimum Gasteiger partial charge on any atom is -0.444 e. The van der Waals surface area contributed by atoms with E-state index in [4.69, 9.17) is 14.2 Å². The zero-order valence-electron chi connectivity index (χ0n) is 16.6. The van der Waals surface area contributed by atoms with Gasteiger partial charge in [-0.2, -0.15) is 0 Å². The molecule has 1 fully saturated rings. The van der Waals surface area contributed by atoms with E-state index >= 15 is 0 Å². The Kier molecular flexibility index (Phi) is 8.54. The van der Waals surface area contributed by atoms with E-state index in [1.807, 2.05) is 51.1 Å². The molecule has 1 amide bonds. The van der Waals surface area contributed by atoms with Crippen LogP contribution in [0.4, 0.5) is 4.79 Å². The molecule has 1 aliphatic heterocycles. The molecule has 27 heavy (non-hydrogen) atoms. The van der Waals surface area contributed by atoms with E-state index in [-0.39, 0.29) is 6.29 Å². The monoisotopic (exact) mass is 379 g/mol. The maximum Gasteiger partial charge on any atom is 0.408 e. The Morgan fingerprint density at radius 1 is 1.30 bits per heavy atom. The number of amides is 1. The first kappa shape index (κ1) is 21.7. The molecule has 6 nitrogen and oxygen atoms in total. The van der Waals surface area contributed by atoms with Crippen LogP contribution in [0.5, 0.6) is 0 Å². The number of carbonyl (C=O) groups excluding carboxylic acids is 1. The number of benzene rings is 1. The molecule has 0 bridgehead atoms. The van der Waals surface area contributed by atoms with Crippen molar-refractivity contribution in [1.82, 2.24) is 5.32 Å². The maximum atomic E-state index is 12.2. The second kappa shape index (κ2) is 10.6. The summed E-state index contributed by atoms with van der Waals surface area (Å²) in [5.74, 6) is 0. The van der Waals surface area contributed by atoms with E-state index in [1.165, 1.54) is 0 Å². The van der Waals surface area contributed by atoms with Crippen molar-refractivity contribution < 1.29 is 24.1 Å². The third-order valence-corrected chi connectivity index (χ3v) is 4.30. The van der Waals surface area contributed by atoms with Gasteiger partial charge in [0.05, 0.1) is 12.1 Å². The lowest BCUT2D eigenvalue weighted by Crippen LogP contribution is -2.39. The summed E-state index contributed by atoms with van der Waals surface area (Å²) in [5, 5.41) is 13.5. The molecule has 1 aliphatic rings. The molecule has 1 saturated heterocycles. The Labute approximate surface area is 162 Å². The molecule has 1 aromatic rings. The minimum absolute atomic E-state index is 0.124. The molecule has 0 spiro atoms. The van der Waals surface area contributed by atoms with E-state index in [2.05, 4.69) is 5.32 Å². The Morgan fingerprint density at radius 3 is 2.67 bits per heavy atom. The lowest BCUT2D eigenvalue weighted by atomic mass is 9.98. The number of aliphatic hydroxyl groups is 1. The van der Waals surface area contributed by atoms with Gasteiger partial charge in [0.25, 0.3) is 0 Å². The van der Waals surface area contributed by atoms with Crippen LogP contribution in [-0.4, -0.2) is 42.4 Å². The summed E-state index contributed by atoms with van der Waals surface area (Å²) in [4.78, 5) is 12.2. The SMILES string of the molecule is CC(C)(C)OC(=O)N[C@@H](c1ccccc1)[C@@H](O)CCCOC1CCCCO1. The first-order valence-corrected chi connectivity index (χ1v) is 9.81. The molecule has 152 valence electrons. The highest BCUT2D eigenvalue weighted by molar-refractivity contribution is 5.68. The Balaban J connectivity index is 1.86. The van der Waals surface area contributed by atoms with Gasteiger partial charge < -0.3 is 24.6 Å². The van der Waals surface area contributed by atoms with Gasteiger partial charge in [0.1, 0.15) is 5.60 Å². The lowest BCUT2D eigenvalue weighted by Gasteiger charge is -2.27. The molecule has 1 aromatic carbocycles. The highest BCUT2D eigenvalue weighted by atomic mass is 16.7. The predicted molar refractivity (Wildman–Crippen MR) is 103 cm³/mol. The molecule has 2 rings (SSSR count). The van der Waals surface area contributed by atoms with Gasteiger partial charge in [-0.25, -0.2) is 4.79 Å². The van der Waals surface area contributed by atoms with Gasteiger partial charge >= 0.3 is 6.09 Å². The lowest BCUT2D eigenvalue weighted by molar-refractivity contribution is -0.163. The molecule has 0 aromatic heterocycles. The molecule has 6 heteroatoms. The highest BCUT2D eigenvalue weighted by Crippen LogP contribution is 2.22. The normalized spacial score (nSPS) is 19.9. The summed E-state index contributed by atoms with van der Waals surface area (Å²) in [6, 6.07) is 8.91. The van der Waals surface area contributed by atoms with Crippen molar-refractivity contribution in [1.29, 1.82) is 0 Å². The first-order chi connectivity index (χ1) is 12.8. The van der Waals surface area contributed by atoms with Crippen molar-refractivity contribution >= 4 is 6.09 Å². The average Bonchev–Trinajstić information content (AvgIpc) is 2.63. The molecule has 0 saturated carbocycles. The summed E-state index contributed by atoms with van der Waals surface area (Å²) >= 11 is 0. The van der Waals surface area contributed by atoms with Crippen molar-refractivity contribution in [2.45, 2.75) is 76.9 Å². The van der Waals surface area contributed by atoms with Crippen molar-refractivity contribution in [2.24, 2.45) is 0 Å². The minimum atomic E-state index is -0.740. The van der Waals surface area contributed by atoms with Gasteiger partial charge in [-0.05, 0) is 58.4 Å². The molecule has 2 N–H and O–H groups in total. The average molecular weight is 379 g/mol. The number of alkyl carbamates (subject to hydrolysis) is 1. The van der Waals surface area contributed by atoms with E-state index in [0.717, 1.165) is 31.4 Å². The van der Waals surface area contributed by atoms with Gasteiger partial charge in [0.2, 0.25) is 0 Å². The van der Waals surface area contributed by atoms with E-state index < -0.39 is 23.8 Å². The second-order valence-electron chi connectivity index (χ2n) is 7.91. The summed E-state index contributed by atoms with van der Waals surface area (Å²) in [7, 11) is 0. The van der Waals surface area contributed by atoms with Crippen LogP contribution in [0.3, 0.4) is 0 Å². The Bertz CT molecular complexity index is 551. The zero-order valence-corrected chi connectivity index (χ0v) is 16.6. The van der Waals surface area contributed by atoms with Crippen LogP contribution in [0, 0.1) is 0 Å². The zero-order chi connectivity index (χ0) is 19.7. The number of rotatable bonds is 8. The number of carbonyl (C=O) groups is 1. The summed E-state index contributed by atoms with van der Waals surface area (Å²) in [5.41, 5.74) is 0.247. The summed E-state index contributed by atoms with van der Waals surface area (Å²) < 4.78 is 16.6. The quantitative estimate of drug-likeness (QED) is 0.669. The number of nitrogens with one attached hydrogen (secondary N) is 1. The first-order valence-electron chi connectivity index (χ1n) is 9.81. The van der Waals surface area contributed by atoms with Gasteiger partial charge in [-0.15, -0.1) is 0 Å². The molecule has 1 heterocycles. The van der Waals surface area contributed by atoms with Crippen LogP contribution < -0.4 is 5.32 Å². The van der Waals surface area contributed by atoms with E-state index in [9.17, 15) is 9.90 Å². The topological polar surface area (TPSA) is 77.0 Å². The number of ether oxygens (including phenoxy) is 3. The van der Waals surface area contributed by atoms with Crippen LogP contribution in [-0.2, 0) is 14.2 Å². The van der Waals surface area contributed by atoms with Gasteiger partial charge in [-0.1, -0.05) is 30.3 Å². The van der Waals surface area contributed by atoms with E-state index in [1.54, 1.807) is 0 Å². The third-order valence-electron chi connectivity index (χ3n) is 4.30. The fraction of sp³-hybridized carbons (Fsp3) is 0.667. The van der Waals surface area contributed by atoms with Crippen molar-refractivity contribution in [3.63, 3.8) is 0 Å². The van der Waals surface area contributed by atoms with Gasteiger partial charge in [0.15, 0.2) is 6.29 Å². The molecule has 0 radical (unpaired) electrons. The Morgan fingerprint density at radius 2 is 2.04 bits per heavy atom. The Hall–Kier alpha value is -1.63. The number of hydrogen-bond donors (Lipinski definition) is 2. The largest absolute Gasteiger partial charge is 0.444 e. The fourth-order valence-corrected chi connectivity index (χ4v) is 3.01. The van der Waals surface area contributed by atoms with Crippen molar-refractivity contribution in [3.05, 3.63) is 35.9 Å². The highest BCUT2D eigenvalue weighted by Gasteiger charge is 2.26. The van der Waals surface area contributed by atoms with Crippen LogP contribution in [0.25, 0.3) is 0 Å². The third kappa shape index (κ3) is 8.28. The summed E-state index contributed by atoms with van der Waals surface area (Å²) in [6.07, 6.45) is 2.92. The van der Waals surface area contributed by atoms with Crippen LogP contribution in [0.15, 0.2) is 30.3 Å². The molecule has 0 aliphatic carbocycles. The van der Waals surface area contributed by atoms with Gasteiger partial charge in [0, 0.05) is 13.2 Å². The van der Waals surface area contributed by atoms with Crippen LogP contribution in [0.2, 0.25) is 0 Å². The smallest absolute Gasteiger partial charge is 0.408 e. The maximum absolute atomic E-state index is 12.2. The summed E-state index contributed by atoms with van der Waals surface area (Å²) in [6.45, 7) is 6.71. The van der Waals surface area contributed by atoms with Crippen molar-refractivity contribution in [2.75, 3.05) is 13.2 Å². The number of aliphatic hydroxyl groups excluding tert-OH is 1. The van der Waals surface area contributed by atoms with Crippen LogP contribution in [0.1, 0.15) is 64.5 Å². The standard InChI is InChI=1S/C21H33NO5/c1-21(2,3)27-20(24)22-19(16-10-5-4-6-11-16)17(23)12-9-15-26-18-13-7-8-14-25-18/h4-6,10-11,17-19,23H,7-9,12-15H2,1-3H3,(H,22,24)/t17-,18?,19-/m0/s1.